The number of nitrogens with one attached hydrogen (secondary N) is 1. The summed E-state index contributed by atoms with van der Waals surface area (Å²) in [6.45, 7) is 2.00. The van der Waals surface area contributed by atoms with Gasteiger partial charge in [-0.2, -0.15) is 0 Å². The lowest BCUT2D eigenvalue weighted by molar-refractivity contribution is -0.121. The Balaban J connectivity index is 1.57. The van der Waals surface area contributed by atoms with Crippen molar-refractivity contribution in [1.29, 1.82) is 0 Å². The van der Waals surface area contributed by atoms with Crippen LogP contribution in [-0.2, 0) is 17.0 Å². The summed E-state index contributed by atoms with van der Waals surface area (Å²) in [6.07, 6.45) is 3.31. The normalized spacial score (nSPS) is 18.0. The van der Waals surface area contributed by atoms with Gasteiger partial charge in [0.25, 0.3) is 0 Å². The molecule has 2 aromatic carbocycles. The molecule has 23 heavy (non-hydrogen) atoms. The summed E-state index contributed by atoms with van der Waals surface area (Å²) in [4.78, 5) is 12.5. The summed E-state index contributed by atoms with van der Waals surface area (Å²) in [5, 5.41) is 3.21. The van der Waals surface area contributed by atoms with E-state index in [1.807, 2.05) is 25.1 Å². The lowest BCUT2D eigenvalue weighted by Crippen LogP contribution is -2.35. The van der Waals surface area contributed by atoms with Gasteiger partial charge in [-0.25, -0.2) is 0 Å². The van der Waals surface area contributed by atoms with Gasteiger partial charge in [-0.3, -0.25) is 4.79 Å². The van der Waals surface area contributed by atoms with Crippen molar-refractivity contribution >= 4 is 17.7 Å². The Hall–Kier alpha value is -1.74. The van der Waals surface area contributed by atoms with Gasteiger partial charge in [0.05, 0.1) is 11.3 Å². The molecule has 2 atom stereocenters. The molecule has 0 radical (unpaired) electrons. The first-order chi connectivity index (χ1) is 11.2. The van der Waals surface area contributed by atoms with E-state index in [4.69, 9.17) is 0 Å². The van der Waals surface area contributed by atoms with Crippen LogP contribution in [0.4, 0.5) is 0 Å². The van der Waals surface area contributed by atoms with Gasteiger partial charge in [0.15, 0.2) is 0 Å². The molecule has 120 valence electrons. The van der Waals surface area contributed by atoms with Crippen molar-refractivity contribution in [3.8, 4) is 0 Å². The lowest BCUT2D eigenvalue weighted by Gasteiger charge is -2.27. The van der Waals surface area contributed by atoms with Crippen LogP contribution in [0.1, 0.15) is 42.5 Å². The highest BCUT2D eigenvalue weighted by molar-refractivity contribution is 7.99. The number of rotatable bonds is 5. The molecule has 0 unspecified atom stereocenters. The van der Waals surface area contributed by atoms with Crippen LogP contribution in [0.25, 0.3) is 0 Å². The first-order valence-corrected chi connectivity index (χ1v) is 9.32. The second-order valence-electron chi connectivity index (χ2n) is 6.09. The fraction of sp³-hybridized carbons (Fsp3) is 0.350. The lowest BCUT2D eigenvalue weighted by atomic mass is 9.88. The van der Waals surface area contributed by atoms with E-state index in [1.165, 1.54) is 16.7 Å². The van der Waals surface area contributed by atoms with E-state index in [2.05, 4.69) is 41.7 Å². The molecule has 1 N–H and O–H groups in total. The van der Waals surface area contributed by atoms with E-state index < -0.39 is 0 Å². The largest absolute Gasteiger partial charge is 0.348 e. The highest BCUT2D eigenvalue weighted by Gasteiger charge is 2.23. The van der Waals surface area contributed by atoms with Gasteiger partial charge in [0.1, 0.15) is 0 Å². The zero-order valence-electron chi connectivity index (χ0n) is 13.5. The highest BCUT2D eigenvalue weighted by Crippen LogP contribution is 2.30. The van der Waals surface area contributed by atoms with Crippen LogP contribution in [0.5, 0.6) is 0 Å². The number of aryl methyl sites for hydroxylation is 1. The summed E-state index contributed by atoms with van der Waals surface area (Å²) in [7, 11) is 0. The van der Waals surface area contributed by atoms with Crippen LogP contribution in [0.2, 0.25) is 0 Å². The van der Waals surface area contributed by atoms with Gasteiger partial charge in [0.2, 0.25) is 5.91 Å². The van der Waals surface area contributed by atoms with Crippen LogP contribution in [0.3, 0.4) is 0 Å². The average Bonchev–Trinajstić information content (AvgIpc) is 2.61. The molecule has 0 heterocycles. The topological polar surface area (TPSA) is 29.1 Å². The molecule has 1 aliphatic carbocycles. The molecule has 0 spiro atoms. The summed E-state index contributed by atoms with van der Waals surface area (Å²) in [6, 6.07) is 19.0. The van der Waals surface area contributed by atoms with Crippen LogP contribution >= 0.6 is 11.8 Å². The van der Waals surface area contributed by atoms with E-state index in [-0.39, 0.29) is 17.2 Å². The van der Waals surface area contributed by atoms with Crippen LogP contribution in [-0.4, -0.2) is 11.2 Å². The highest BCUT2D eigenvalue weighted by atomic mass is 32.2. The number of fused-ring (bicyclic) bond motifs is 1. The summed E-state index contributed by atoms with van der Waals surface area (Å²) >= 11 is 1.70. The van der Waals surface area contributed by atoms with E-state index in [1.54, 1.807) is 11.8 Å². The number of hydrogen-bond donors (Lipinski definition) is 1. The maximum atomic E-state index is 12.5. The number of amides is 1. The fourth-order valence-corrected chi connectivity index (χ4v) is 3.92. The molecule has 0 saturated heterocycles. The first-order valence-electron chi connectivity index (χ1n) is 8.28. The summed E-state index contributed by atoms with van der Waals surface area (Å²) < 4.78 is 0. The third-order valence-corrected chi connectivity index (χ3v) is 5.61. The van der Waals surface area contributed by atoms with Gasteiger partial charge in [-0.1, -0.05) is 54.6 Å². The van der Waals surface area contributed by atoms with Crippen molar-refractivity contribution < 1.29 is 4.79 Å². The Bertz CT molecular complexity index is 656. The van der Waals surface area contributed by atoms with Gasteiger partial charge in [-0.15, -0.1) is 11.8 Å². The second kappa shape index (κ2) is 7.69. The number of carbonyl (C=O) groups excluding carboxylic acids is 1. The van der Waals surface area contributed by atoms with Crippen molar-refractivity contribution in [2.24, 2.45) is 0 Å². The molecule has 2 aromatic rings. The minimum Gasteiger partial charge on any atom is -0.348 e. The summed E-state index contributed by atoms with van der Waals surface area (Å²) in [5.74, 6) is 1.02. The molecule has 0 fully saturated rings. The predicted octanol–water partition coefficient (Wildman–Crippen LogP) is 4.50. The fourth-order valence-electron chi connectivity index (χ4n) is 3.06. The Morgan fingerprint density at radius 3 is 2.74 bits per heavy atom. The maximum Gasteiger partial charge on any atom is 0.233 e. The minimum absolute atomic E-state index is 0.0377. The monoisotopic (exact) mass is 325 g/mol. The predicted molar refractivity (Wildman–Crippen MR) is 97.5 cm³/mol. The molecule has 3 rings (SSSR count). The molecular formula is C20H23NOS. The van der Waals surface area contributed by atoms with E-state index in [0.717, 1.165) is 25.0 Å². The van der Waals surface area contributed by atoms with Crippen LogP contribution in [0, 0.1) is 0 Å². The van der Waals surface area contributed by atoms with Crippen molar-refractivity contribution in [2.75, 3.05) is 0 Å². The van der Waals surface area contributed by atoms with Crippen molar-refractivity contribution in [3.63, 3.8) is 0 Å². The zero-order chi connectivity index (χ0) is 16.1. The number of thioether (sulfide) groups is 1. The van der Waals surface area contributed by atoms with Crippen molar-refractivity contribution in [3.05, 3.63) is 71.3 Å². The number of hydrogen-bond acceptors (Lipinski definition) is 2. The Labute approximate surface area is 142 Å². The smallest absolute Gasteiger partial charge is 0.233 e. The van der Waals surface area contributed by atoms with Crippen LogP contribution < -0.4 is 5.32 Å². The maximum absolute atomic E-state index is 12.5. The van der Waals surface area contributed by atoms with Crippen molar-refractivity contribution in [1.82, 2.24) is 5.32 Å². The molecule has 3 heteroatoms. The molecule has 0 aliphatic heterocycles. The van der Waals surface area contributed by atoms with Gasteiger partial charge in [-0.05, 0) is 42.9 Å². The second-order valence-corrected chi connectivity index (χ2v) is 7.42. The number of carbonyl (C=O) groups is 1. The van der Waals surface area contributed by atoms with Crippen molar-refractivity contribution in [2.45, 2.75) is 43.2 Å². The zero-order valence-corrected chi connectivity index (χ0v) is 14.3. The van der Waals surface area contributed by atoms with E-state index in [9.17, 15) is 4.79 Å². The third-order valence-electron chi connectivity index (χ3n) is 4.40. The molecule has 2 nitrogen and oxygen atoms in total. The Kier molecular flexibility index (Phi) is 5.39. The molecular weight excluding hydrogens is 302 g/mol. The van der Waals surface area contributed by atoms with Crippen LogP contribution in [0.15, 0.2) is 54.6 Å². The van der Waals surface area contributed by atoms with Gasteiger partial charge < -0.3 is 5.32 Å². The summed E-state index contributed by atoms with van der Waals surface area (Å²) in [5.41, 5.74) is 3.95. The average molecular weight is 325 g/mol. The molecule has 1 aliphatic rings. The SMILES string of the molecule is C[C@H](SCc1ccccc1)C(=O)N[C@@H]1CCCc2ccccc21. The first kappa shape index (κ1) is 16.1. The molecule has 0 saturated carbocycles. The third kappa shape index (κ3) is 4.17. The molecule has 0 aromatic heterocycles. The Morgan fingerprint density at radius 2 is 1.91 bits per heavy atom. The van der Waals surface area contributed by atoms with Gasteiger partial charge in [0, 0.05) is 5.75 Å². The molecule has 1 amide bonds. The minimum atomic E-state index is -0.0377. The molecule has 0 bridgehead atoms. The van der Waals surface area contributed by atoms with E-state index in [0.29, 0.717) is 0 Å². The standard InChI is InChI=1S/C20H23NOS/c1-15(23-14-16-8-3-2-4-9-16)20(22)21-19-13-7-11-17-10-5-6-12-18(17)19/h2-6,8-10,12,15,19H,7,11,13-14H2,1H3,(H,21,22)/t15-,19+/m0/s1. The van der Waals surface area contributed by atoms with E-state index >= 15 is 0 Å². The quantitative estimate of drug-likeness (QED) is 0.877. The Morgan fingerprint density at radius 1 is 1.17 bits per heavy atom. The van der Waals surface area contributed by atoms with Gasteiger partial charge >= 0.3 is 0 Å². The number of benzene rings is 2.